The standard InChI is InChI=1S/C15H22N2O3/c1-15(2,3)12(14(19)16-4)17-13(18)10-7-6-8-11(9-10)20-5/h6-9,12H,1-5H3,(H,16,19)(H,17,18)/t12-/m1/s1. The van der Waals surface area contributed by atoms with Crippen molar-refractivity contribution in [3.05, 3.63) is 29.8 Å². The van der Waals surface area contributed by atoms with E-state index in [4.69, 9.17) is 4.74 Å². The van der Waals surface area contributed by atoms with E-state index in [1.54, 1.807) is 38.4 Å². The number of carbonyl (C=O) groups excluding carboxylic acids is 2. The monoisotopic (exact) mass is 278 g/mol. The summed E-state index contributed by atoms with van der Waals surface area (Å²) in [7, 11) is 3.10. The maximum Gasteiger partial charge on any atom is 0.252 e. The van der Waals surface area contributed by atoms with E-state index in [1.807, 2.05) is 20.8 Å². The second-order valence-corrected chi connectivity index (χ2v) is 5.62. The topological polar surface area (TPSA) is 67.4 Å². The molecule has 5 nitrogen and oxygen atoms in total. The SMILES string of the molecule is CNC(=O)[C@@H](NC(=O)c1cccc(OC)c1)C(C)(C)C. The number of benzene rings is 1. The molecule has 110 valence electrons. The molecule has 0 heterocycles. The molecule has 0 unspecified atom stereocenters. The third-order valence-electron chi connectivity index (χ3n) is 2.98. The van der Waals surface area contributed by atoms with E-state index in [2.05, 4.69) is 10.6 Å². The van der Waals surface area contributed by atoms with Crippen LogP contribution in [0.5, 0.6) is 5.75 Å². The molecule has 20 heavy (non-hydrogen) atoms. The van der Waals surface area contributed by atoms with Crippen LogP contribution in [0, 0.1) is 5.41 Å². The number of likely N-dealkylation sites (N-methyl/N-ethyl adjacent to an activating group) is 1. The molecule has 0 aromatic heterocycles. The predicted octanol–water partition coefficient (Wildman–Crippen LogP) is 1.59. The Bertz CT molecular complexity index is 492. The van der Waals surface area contributed by atoms with Gasteiger partial charge in [-0.05, 0) is 23.6 Å². The van der Waals surface area contributed by atoms with E-state index < -0.39 is 6.04 Å². The molecular weight excluding hydrogens is 256 g/mol. The highest BCUT2D eigenvalue weighted by atomic mass is 16.5. The summed E-state index contributed by atoms with van der Waals surface area (Å²) in [6, 6.07) is 6.21. The van der Waals surface area contributed by atoms with E-state index >= 15 is 0 Å². The van der Waals surface area contributed by atoms with Crippen LogP contribution in [-0.2, 0) is 4.79 Å². The zero-order valence-electron chi connectivity index (χ0n) is 12.6. The first-order chi connectivity index (χ1) is 9.29. The molecule has 1 atom stereocenters. The number of rotatable bonds is 4. The van der Waals surface area contributed by atoms with Crippen molar-refractivity contribution in [3.63, 3.8) is 0 Å². The van der Waals surface area contributed by atoms with Gasteiger partial charge in [-0.15, -0.1) is 0 Å². The molecule has 0 fully saturated rings. The van der Waals surface area contributed by atoms with Gasteiger partial charge in [-0.3, -0.25) is 9.59 Å². The minimum absolute atomic E-state index is 0.214. The summed E-state index contributed by atoms with van der Waals surface area (Å²) >= 11 is 0. The van der Waals surface area contributed by atoms with Crippen LogP contribution in [0.25, 0.3) is 0 Å². The molecule has 0 saturated carbocycles. The number of ether oxygens (including phenoxy) is 1. The normalized spacial score (nSPS) is 12.4. The van der Waals surface area contributed by atoms with Gasteiger partial charge < -0.3 is 15.4 Å². The molecule has 0 aliphatic rings. The van der Waals surface area contributed by atoms with Gasteiger partial charge in [-0.25, -0.2) is 0 Å². The van der Waals surface area contributed by atoms with Gasteiger partial charge in [0.25, 0.3) is 5.91 Å². The van der Waals surface area contributed by atoms with Gasteiger partial charge in [0.05, 0.1) is 7.11 Å². The van der Waals surface area contributed by atoms with E-state index in [-0.39, 0.29) is 17.2 Å². The Hall–Kier alpha value is -2.04. The molecule has 1 aromatic rings. The predicted molar refractivity (Wildman–Crippen MR) is 77.8 cm³/mol. The molecule has 2 N–H and O–H groups in total. The van der Waals surface area contributed by atoms with Crippen LogP contribution in [0.3, 0.4) is 0 Å². The summed E-state index contributed by atoms with van der Waals surface area (Å²) in [6.45, 7) is 5.70. The first-order valence-electron chi connectivity index (χ1n) is 6.46. The minimum Gasteiger partial charge on any atom is -0.497 e. The Labute approximate surface area is 119 Å². The van der Waals surface area contributed by atoms with Gasteiger partial charge in [0.15, 0.2) is 0 Å². The van der Waals surface area contributed by atoms with Crippen molar-refractivity contribution in [1.82, 2.24) is 10.6 Å². The Morgan fingerprint density at radius 2 is 1.90 bits per heavy atom. The fraction of sp³-hybridized carbons (Fsp3) is 0.467. The Morgan fingerprint density at radius 1 is 1.25 bits per heavy atom. The number of carbonyl (C=O) groups is 2. The van der Waals surface area contributed by atoms with Crippen molar-refractivity contribution >= 4 is 11.8 Å². The summed E-state index contributed by atoms with van der Waals surface area (Å²) in [5.74, 6) is 0.0890. The fourth-order valence-electron chi connectivity index (χ4n) is 1.80. The largest absolute Gasteiger partial charge is 0.497 e. The summed E-state index contributed by atoms with van der Waals surface area (Å²) in [5, 5.41) is 5.34. The molecule has 0 aliphatic heterocycles. The molecule has 2 amide bonds. The lowest BCUT2D eigenvalue weighted by atomic mass is 9.86. The Kier molecular flexibility index (Phi) is 5.13. The molecule has 1 rings (SSSR count). The van der Waals surface area contributed by atoms with Gasteiger partial charge in [0.1, 0.15) is 11.8 Å². The van der Waals surface area contributed by atoms with Crippen molar-refractivity contribution in [2.45, 2.75) is 26.8 Å². The van der Waals surface area contributed by atoms with E-state index in [0.29, 0.717) is 11.3 Å². The zero-order chi connectivity index (χ0) is 15.3. The summed E-state index contributed by atoms with van der Waals surface area (Å²) in [6.07, 6.45) is 0. The second kappa shape index (κ2) is 6.41. The second-order valence-electron chi connectivity index (χ2n) is 5.62. The van der Waals surface area contributed by atoms with Gasteiger partial charge >= 0.3 is 0 Å². The fourth-order valence-corrected chi connectivity index (χ4v) is 1.80. The number of hydrogen-bond donors (Lipinski definition) is 2. The molecule has 0 spiro atoms. The average Bonchev–Trinajstić information content (AvgIpc) is 2.42. The number of hydrogen-bond acceptors (Lipinski definition) is 3. The first kappa shape index (κ1) is 16.0. The summed E-state index contributed by atoms with van der Waals surface area (Å²) in [5.41, 5.74) is 0.0803. The van der Waals surface area contributed by atoms with Crippen molar-refractivity contribution < 1.29 is 14.3 Å². The Morgan fingerprint density at radius 3 is 2.40 bits per heavy atom. The average molecular weight is 278 g/mol. The number of methoxy groups -OCH3 is 1. The smallest absolute Gasteiger partial charge is 0.252 e. The van der Waals surface area contributed by atoms with Crippen LogP contribution < -0.4 is 15.4 Å². The van der Waals surface area contributed by atoms with Gasteiger partial charge in [-0.1, -0.05) is 26.8 Å². The molecule has 0 aliphatic carbocycles. The van der Waals surface area contributed by atoms with Crippen LogP contribution in [0.1, 0.15) is 31.1 Å². The first-order valence-corrected chi connectivity index (χ1v) is 6.46. The van der Waals surface area contributed by atoms with Crippen LogP contribution in [0.15, 0.2) is 24.3 Å². The summed E-state index contributed by atoms with van der Waals surface area (Å²) < 4.78 is 5.09. The molecule has 0 bridgehead atoms. The lowest BCUT2D eigenvalue weighted by Gasteiger charge is -2.29. The third-order valence-corrected chi connectivity index (χ3v) is 2.98. The third kappa shape index (κ3) is 3.98. The van der Waals surface area contributed by atoms with Crippen molar-refractivity contribution in [1.29, 1.82) is 0 Å². The molecule has 5 heteroatoms. The molecular formula is C15H22N2O3. The van der Waals surface area contributed by atoms with Crippen molar-refractivity contribution in [2.24, 2.45) is 5.41 Å². The summed E-state index contributed by atoms with van der Waals surface area (Å²) in [4.78, 5) is 24.1. The van der Waals surface area contributed by atoms with E-state index in [9.17, 15) is 9.59 Å². The molecule has 1 aromatic carbocycles. The minimum atomic E-state index is -0.605. The highest BCUT2D eigenvalue weighted by Gasteiger charge is 2.32. The number of amides is 2. The highest BCUT2D eigenvalue weighted by molar-refractivity contribution is 5.98. The lowest BCUT2D eigenvalue weighted by molar-refractivity contribution is -0.124. The Balaban J connectivity index is 2.93. The lowest BCUT2D eigenvalue weighted by Crippen LogP contribution is -2.52. The van der Waals surface area contributed by atoms with Gasteiger partial charge in [0, 0.05) is 12.6 Å². The highest BCUT2D eigenvalue weighted by Crippen LogP contribution is 2.20. The maximum absolute atomic E-state index is 12.2. The van der Waals surface area contributed by atoms with Crippen molar-refractivity contribution in [3.8, 4) is 5.75 Å². The molecule has 0 radical (unpaired) electrons. The van der Waals surface area contributed by atoms with Crippen LogP contribution in [0.2, 0.25) is 0 Å². The zero-order valence-corrected chi connectivity index (χ0v) is 12.6. The molecule has 0 saturated heterocycles. The quantitative estimate of drug-likeness (QED) is 0.879. The van der Waals surface area contributed by atoms with Crippen LogP contribution in [-0.4, -0.2) is 32.0 Å². The maximum atomic E-state index is 12.2. The van der Waals surface area contributed by atoms with E-state index in [1.165, 1.54) is 0 Å². The van der Waals surface area contributed by atoms with Gasteiger partial charge in [0.2, 0.25) is 5.91 Å². The van der Waals surface area contributed by atoms with Gasteiger partial charge in [-0.2, -0.15) is 0 Å². The number of nitrogens with one attached hydrogen (secondary N) is 2. The van der Waals surface area contributed by atoms with Crippen molar-refractivity contribution in [2.75, 3.05) is 14.2 Å². The van der Waals surface area contributed by atoms with Crippen LogP contribution in [0.4, 0.5) is 0 Å². The van der Waals surface area contributed by atoms with E-state index in [0.717, 1.165) is 0 Å². The van der Waals surface area contributed by atoms with Crippen LogP contribution >= 0.6 is 0 Å².